The van der Waals surface area contributed by atoms with Crippen LogP contribution in [0.25, 0.3) is 0 Å². The molecule has 0 fully saturated rings. The highest BCUT2D eigenvalue weighted by atomic mass is 35.5. The van der Waals surface area contributed by atoms with Crippen molar-refractivity contribution in [1.29, 1.82) is 0 Å². The first kappa shape index (κ1) is 14.4. The standard InChI is InChI=1S/C13H13ClN2OS2/c1-7-6-15-13(19-7)8(2)16-12(17)10-5-9(18)3-4-11(10)14/h3-6,8,18H,1-2H3,(H,16,17). The maximum atomic E-state index is 12.2. The zero-order valence-electron chi connectivity index (χ0n) is 10.5. The Kier molecular flexibility index (Phi) is 4.50. The van der Waals surface area contributed by atoms with Crippen molar-refractivity contribution >= 4 is 41.5 Å². The number of carbonyl (C=O) groups is 1. The molecule has 0 bridgehead atoms. The molecular formula is C13H13ClN2OS2. The zero-order valence-corrected chi connectivity index (χ0v) is 12.9. The lowest BCUT2D eigenvalue weighted by Crippen LogP contribution is -2.26. The molecule has 2 rings (SSSR count). The topological polar surface area (TPSA) is 42.0 Å². The van der Waals surface area contributed by atoms with E-state index < -0.39 is 0 Å². The van der Waals surface area contributed by atoms with Crippen molar-refractivity contribution in [3.8, 4) is 0 Å². The highest BCUT2D eigenvalue weighted by Crippen LogP contribution is 2.22. The van der Waals surface area contributed by atoms with Crippen molar-refractivity contribution in [3.63, 3.8) is 0 Å². The molecule has 6 heteroatoms. The van der Waals surface area contributed by atoms with Crippen LogP contribution in [0.5, 0.6) is 0 Å². The lowest BCUT2D eigenvalue weighted by Gasteiger charge is -2.12. The number of carbonyl (C=O) groups excluding carboxylic acids is 1. The van der Waals surface area contributed by atoms with Crippen LogP contribution >= 0.6 is 35.6 Å². The molecule has 1 aromatic carbocycles. The van der Waals surface area contributed by atoms with Crippen molar-refractivity contribution in [3.05, 3.63) is 44.9 Å². The van der Waals surface area contributed by atoms with E-state index in [2.05, 4.69) is 22.9 Å². The number of halogens is 1. The van der Waals surface area contributed by atoms with Gasteiger partial charge in [0.2, 0.25) is 0 Å². The second-order valence-electron chi connectivity index (χ2n) is 4.17. The number of hydrogen-bond acceptors (Lipinski definition) is 4. The molecule has 0 saturated heterocycles. The van der Waals surface area contributed by atoms with E-state index in [9.17, 15) is 4.79 Å². The van der Waals surface area contributed by atoms with E-state index in [0.29, 0.717) is 15.5 Å². The minimum Gasteiger partial charge on any atom is -0.343 e. The molecule has 100 valence electrons. The third-order valence-electron chi connectivity index (χ3n) is 2.55. The van der Waals surface area contributed by atoms with Gasteiger partial charge in [-0.2, -0.15) is 0 Å². The van der Waals surface area contributed by atoms with Gasteiger partial charge < -0.3 is 5.32 Å². The fraction of sp³-hybridized carbons (Fsp3) is 0.231. The Morgan fingerprint density at radius 3 is 2.89 bits per heavy atom. The molecule has 1 atom stereocenters. The Morgan fingerprint density at radius 1 is 1.53 bits per heavy atom. The number of nitrogens with zero attached hydrogens (tertiary/aromatic N) is 1. The minimum atomic E-state index is -0.221. The van der Waals surface area contributed by atoms with Crippen LogP contribution in [0, 0.1) is 6.92 Å². The van der Waals surface area contributed by atoms with Gasteiger partial charge in [0.05, 0.1) is 16.6 Å². The Hall–Kier alpha value is -1.04. The Bertz CT molecular complexity index is 612. The van der Waals surface area contributed by atoms with Crippen molar-refractivity contribution in [2.75, 3.05) is 0 Å². The quantitative estimate of drug-likeness (QED) is 0.844. The number of amides is 1. The maximum Gasteiger partial charge on any atom is 0.253 e. The average molecular weight is 313 g/mol. The van der Waals surface area contributed by atoms with Crippen LogP contribution < -0.4 is 5.32 Å². The van der Waals surface area contributed by atoms with Gasteiger partial charge in [0.25, 0.3) is 5.91 Å². The summed E-state index contributed by atoms with van der Waals surface area (Å²) in [6.07, 6.45) is 1.80. The van der Waals surface area contributed by atoms with Crippen LogP contribution in [0.3, 0.4) is 0 Å². The fourth-order valence-electron chi connectivity index (χ4n) is 1.60. The molecule has 0 radical (unpaired) electrons. The third kappa shape index (κ3) is 3.49. The highest BCUT2D eigenvalue weighted by Gasteiger charge is 2.16. The highest BCUT2D eigenvalue weighted by molar-refractivity contribution is 7.80. The molecule has 1 N–H and O–H groups in total. The molecule has 3 nitrogen and oxygen atoms in total. The summed E-state index contributed by atoms with van der Waals surface area (Å²) in [6.45, 7) is 3.88. The van der Waals surface area contributed by atoms with Crippen LogP contribution in [0.2, 0.25) is 5.02 Å². The van der Waals surface area contributed by atoms with E-state index in [1.54, 1.807) is 35.7 Å². The molecule has 0 aliphatic rings. The number of nitrogens with one attached hydrogen (secondary N) is 1. The summed E-state index contributed by atoms with van der Waals surface area (Å²) in [5, 5.41) is 4.18. The molecular weight excluding hydrogens is 300 g/mol. The first-order chi connectivity index (χ1) is 8.97. The van der Waals surface area contributed by atoms with Crippen LogP contribution in [0.1, 0.15) is 33.2 Å². The van der Waals surface area contributed by atoms with Gasteiger partial charge in [-0.05, 0) is 32.0 Å². The predicted octanol–water partition coefficient (Wildman–Crippen LogP) is 3.88. The first-order valence-electron chi connectivity index (χ1n) is 5.69. The number of aromatic nitrogens is 1. The van der Waals surface area contributed by atoms with Gasteiger partial charge in [0.15, 0.2) is 0 Å². The van der Waals surface area contributed by atoms with E-state index in [1.807, 2.05) is 13.8 Å². The maximum absolute atomic E-state index is 12.2. The Morgan fingerprint density at radius 2 is 2.26 bits per heavy atom. The van der Waals surface area contributed by atoms with Crippen LogP contribution in [-0.4, -0.2) is 10.9 Å². The van der Waals surface area contributed by atoms with E-state index >= 15 is 0 Å². The molecule has 0 spiro atoms. The summed E-state index contributed by atoms with van der Waals surface area (Å²) in [4.78, 5) is 18.2. The van der Waals surface area contributed by atoms with E-state index in [4.69, 9.17) is 11.6 Å². The van der Waals surface area contributed by atoms with E-state index in [1.165, 1.54) is 0 Å². The second-order valence-corrected chi connectivity index (χ2v) is 6.36. The molecule has 2 aromatic rings. The summed E-state index contributed by atoms with van der Waals surface area (Å²) in [5.41, 5.74) is 0.425. The molecule has 19 heavy (non-hydrogen) atoms. The lowest BCUT2D eigenvalue weighted by atomic mass is 10.2. The van der Waals surface area contributed by atoms with Crippen molar-refractivity contribution < 1.29 is 4.79 Å². The SMILES string of the molecule is Cc1cnc(C(C)NC(=O)c2cc(S)ccc2Cl)s1. The first-order valence-corrected chi connectivity index (χ1v) is 7.33. The lowest BCUT2D eigenvalue weighted by molar-refractivity contribution is 0.0940. The molecule has 0 aliphatic heterocycles. The monoisotopic (exact) mass is 312 g/mol. The van der Waals surface area contributed by atoms with Crippen LogP contribution in [0.4, 0.5) is 0 Å². The second kappa shape index (κ2) is 5.94. The minimum absolute atomic E-state index is 0.147. The van der Waals surface area contributed by atoms with Gasteiger partial charge in [0, 0.05) is 16.0 Å². The largest absolute Gasteiger partial charge is 0.343 e. The van der Waals surface area contributed by atoms with Gasteiger partial charge in [-0.1, -0.05) is 11.6 Å². The van der Waals surface area contributed by atoms with Gasteiger partial charge in [-0.25, -0.2) is 4.98 Å². The summed E-state index contributed by atoms with van der Waals surface area (Å²) >= 11 is 11.8. The molecule has 0 aliphatic carbocycles. The number of aryl methyl sites for hydroxylation is 1. The van der Waals surface area contributed by atoms with E-state index in [-0.39, 0.29) is 11.9 Å². The average Bonchev–Trinajstić information content (AvgIpc) is 2.79. The molecule has 1 heterocycles. The van der Waals surface area contributed by atoms with E-state index in [0.717, 1.165) is 9.88 Å². The van der Waals surface area contributed by atoms with Crippen LogP contribution in [0.15, 0.2) is 29.3 Å². The summed E-state index contributed by atoms with van der Waals surface area (Å²) in [7, 11) is 0. The fourth-order valence-corrected chi connectivity index (χ4v) is 2.78. The molecule has 1 unspecified atom stereocenters. The number of thiol groups is 1. The van der Waals surface area contributed by atoms with Gasteiger partial charge in [0.1, 0.15) is 5.01 Å². The zero-order chi connectivity index (χ0) is 14.0. The summed E-state index contributed by atoms with van der Waals surface area (Å²) in [5.74, 6) is -0.221. The Balaban J connectivity index is 2.15. The predicted molar refractivity (Wildman–Crippen MR) is 81.4 cm³/mol. The summed E-state index contributed by atoms with van der Waals surface area (Å²) in [6, 6.07) is 4.92. The molecule has 1 aromatic heterocycles. The van der Waals surface area contributed by atoms with Gasteiger partial charge in [-0.3, -0.25) is 4.79 Å². The van der Waals surface area contributed by atoms with Crippen LogP contribution in [-0.2, 0) is 0 Å². The van der Waals surface area contributed by atoms with Crippen molar-refractivity contribution in [2.45, 2.75) is 24.8 Å². The van der Waals surface area contributed by atoms with Crippen molar-refractivity contribution in [2.24, 2.45) is 0 Å². The smallest absolute Gasteiger partial charge is 0.253 e. The summed E-state index contributed by atoms with van der Waals surface area (Å²) < 4.78 is 0. The molecule has 0 saturated carbocycles. The number of rotatable bonds is 3. The normalized spacial score (nSPS) is 12.2. The number of thiazole rings is 1. The number of benzene rings is 1. The van der Waals surface area contributed by atoms with Gasteiger partial charge in [-0.15, -0.1) is 24.0 Å². The molecule has 1 amide bonds. The van der Waals surface area contributed by atoms with Gasteiger partial charge >= 0.3 is 0 Å². The third-order valence-corrected chi connectivity index (χ3v) is 4.25. The Labute approximate surface area is 126 Å². The van der Waals surface area contributed by atoms with Crippen molar-refractivity contribution in [1.82, 2.24) is 10.3 Å². The number of hydrogen-bond donors (Lipinski definition) is 2.